The number of hydrogen-bond donors (Lipinski definition) is 2. The minimum absolute atomic E-state index is 0. The second-order valence-corrected chi connectivity index (χ2v) is 3.67. The molecule has 0 spiro atoms. The van der Waals surface area contributed by atoms with Gasteiger partial charge in [-0.15, -0.1) is 12.4 Å². The number of halogens is 1. The van der Waals surface area contributed by atoms with Crippen molar-refractivity contribution in [3.8, 4) is 5.75 Å². The van der Waals surface area contributed by atoms with E-state index in [2.05, 4.69) is 10.1 Å². The second-order valence-electron chi connectivity index (χ2n) is 3.67. The fourth-order valence-electron chi connectivity index (χ4n) is 1.12. The summed E-state index contributed by atoms with van der Waals surface area (Å²) in [5, 5.41) is 2.62. The molecule has 0 bridgehead atoms. The van der Waals surface area contributed by atoms with Crippen molar-refractivity contribution >= 4 is 30.0 Å². The molecule has 1 aromatic carbocycles. The van der Waals surface area contributed by atoms with Crippen LogP contribution in [0.4, 0.5) is 5.69 Å². The van der Waals surface area contributed by atoms with Crippen molar-refractivity contribution in [1.29, 1.82) is 0 Å². The summed E-state index contributed by atoms with van der Waals surface area (Å²) in [5.74, 6) is -0.303. The number of esters is 1. The van der Waals surface area contributed by atoms with Gasteiger partial charge in [0, 0.05) is 11.8 Å². The number of nitrogens with one attached hydrogen (secondary N) is 1. The summed E-state index contributed by atoms with van der Waals surface area (Å²) in [4.78, 5) is 22.3. The highest BCUT2D eigenvalue weighted by molar-refractivity contribution is 5.94. The summed E-state index contributed by atoms with van der Waals surface area (Å²) in [6.07, 6.45) is 0. The first-order chi connectivity index (χ1) is 8.52. The van der Waals surface area contributed by atoms with Gasteiger partial charge in [0.2, 0.25) is 5.91 Å². The van der Waals surface area contributed by atoms with Crippen LogP contribution in [0.3, 0.4) is 0 Å². The van der Waals surface area contributed by atoms with E-state index in [1.807, 2.05) is 0 Å². The Bertz CT molecular complexity index is 437. The van der Waals surface area contributed by atoms with E-state index >= 15 is 0 Å². The number of nitrogens with two attached hydrogens (primary N) is 1. The number of rotatable bonds is 5. The van der Waals surface area contributed by atoms with Gasteiger partial charge in [-0.25, -0.2) is 4.79 Å². The molecule has 1 aromatic rings. The van der Waals surface area contributed by atoms with Gasteiger partial charge in [-0.3, -0.25) is 4.79 Å². The highest BCUT2D eigenvalue weighted by Gasteiger charge is 2.08. The van der Waals surface area contributed by atoms with Gasteiger partial charge < -0.3 is 20.5 Å². The molecule has 1 amide bonds. The number of carbonyl (C=O) groups excluding carboxylic acids is 2. The molecule has 0 radical (unpaired) electrons. The summed E-state index contributed by atoms with van der Waals surface area (Å²) in [6, 6.07) is 6.08. The molecule has 0 aliphatic rings. The van der Waals surface area contributed by atoms with Crippen molar-refractivity contribution in [2.75, 3.05) is 19.0 Å². The summed E-state index contributed by atoms with van der Waals surface area (Å²) in [7, 11) is 1.28. The highest BCUT2D eigenvalue weighted by atomic mass is 35.5. The lowest BCUT2D eigenvalue weighted by Gasteiger charge is -2.09. The highest BCUT2D eigenvalue weighted by Crippen LogP contribution is 2.17. The molecule has 106 valence electrons. The number of methoxy groups -OCH3 is 1. The van der Waals surface area contributed by atoms with E-state index in [0.29, 0.717) is 11.4 Å². The molecular weight excluding hydrogens is 272 g/mol. The van der Waals surface area contributed by atoms with Crippen LogP contribution in [-0.2, 0) is 14.3 Å². The maximum atomic E-state index is 11.4. The maximum Gasteiger partial charge on any atom is 0.343 e. The topological polar surface area (TPSA) is 90.6 Å². The lowest BCUT2D eigenvalue weighted by Crippen LogP contribution is -2.32. The predicted molar refractivity (Wildman–Crippen MR) is 73.5 cm³/mol. The predicted octanol–water partition coefficient (Wildman–Crippen LogP) is 0.946. The Balaban J connectivity index is 0.00000324. The minimum atomic E-state index is -0.593. The van der Waals surface area contributed by atoms with Crippen molar-refractivity contribution in [3.63, 3.8) is 0 Å². The molecule has 19 heavy (non-hydrogen) atoms. The number of ether oxygens (including phenoxy) is 2. The molecule has 0 unspecified atom stereocenters. The monoisotopic (exact) mass is 288 g/mol. The van der Waals surface area contributed by atoms with Gasteiger partial charge in [-0.1, -0.05) is 6.07 Å². The van der Waals surface area contributed by atoms with E-state index in [1.165, 1.54) is 7.11 Å². The third kappa shape index (κ3) is 6.08. The second kappa shape index (κ2) is 8.34. The zero-order valence-corrected chi connectivity index (χ0v) is 11.5. The minimum Gasteiger partial charge on any atom is -0.482 e. The van der Waals surface area contributed by atoms with Crippen molar-refractivity contribution in [1.82, 2.24) is 0 Å². The van der Waals surface area contributed by atoms with E-state index in [1.54, 1.807) is 31.2 Å². The molecule has 1 atom stereocenters. The zero-order chi connectivity index (χ0) is 13.5. The number of benzene rings is 1. The fraction of sp³-hybridized carbons (Fsp3) is 0.333. The lowest BCUT2D eigenvalue weighted by molar-refractivity contribution is -0.142. The summed E-state index contributed by atoms with van der Waals surface area (Å²) in [5.41, 5.74) is 5.99. The first-order valence-corrected chi connectivity index (χ1v) is 5.39. The van der Waals surface area contributed by atoms with Gasteiger partial charge in [0.15, 0.2) is 6.61 Å². The van der Waals surface area contributed by atoms with Crippen molar-refractivity contribution in [2.45, 2.75) is 13.0 Å². The molecule has 6 nitrogen and oxygen atoms in total. The van der Waals surface area contributed by atoms with Gasteiger partial charge in [0.25, 0.3) is 0 Å². The van der Waals surface area contributed by atoms with Crippen LogP contribution in [0.2, 0.25) is 0 Å². The normalized spacial score (nSPS) is 10.9. The zero-order valence-electron chi connectivity index (χ0n) is 10.7. The lowest BCUT2D eigenvalue weighted by atomic mass is 10.2. The Morgan fingerprint density at radius 2 is 2.11 bits per heavy atom. The molecule has 1 rings (SSSR count). The molecule has 0 heterocycles. The average molecular weight is 289 g/mol. The van der Waals surface area contributed by atoms with E-state index in [4.69, 9.17) is 10.5 Å². The first-order valence-electron chi connectivity index (χ1n) is 5.39. The largest absolute Gasteiger partial charge is 0.482 e. The van der Waals surface area contributed by atoms with Gasteiger partial charge in [0.05, 0.1) is 13.2 Å². The molecule has 0 aromatic heterocycles. The molecule has 7 heteroatoms. The van der Waals surface area contributed by atoms with E-state index in [0.717, 1.165) is 0 Å². The van der Waals surface area contributed by atoms with Crippen LogP contribution in [0.5, 0.6) is 5.75 Å². The first kappa shape index (κ1) is 17.2. The third-order valence-electron chi connectivity index (χ3n) is 2.10. The Morgan fingerprint density at radius 3 is 2.68 bits per heavy atom. The SMILES string of the molecule is COC(=O)COc1cccc(NC(=O)[C@H](C)N)c1.Cl. The Hall–Kier alpha value is -1.79. The average Bonchev–Trinajstić information content (AvgIpc) is 2.36. The molecular formula is C12H17ClN2O4. The van der Waals surface area contributed by atoms with Gasteiger partial charge >= 0.3 is 5.97 Å². The van der Waals surface area contributed by atoms with Gasteiger partial charge in [-0.2, -0.15) is 0 Å². The van der Waals surface area contributed by atoms with Crippen molar-refractivity contribution < 1.29 is 19.1 Å². The van der Waals surface area contributed by atoms with E-state index in [9.17, 15) is 9.59 Å². The summed E-state index contributed by atoms with van der Waals surface area (Å²) < 4.78 is 9.63. The van der Waals surface area contributed by atoms with E-state index in [-0.39, 0.29) is 24.9 Å². The molecule has 0 aliphatic heterocycles. The maximum absolute atomic E-state index is 11.4. The Labute approximate surface area is 117 Å². The Kier molecular flexibility index (Phi) is 7.55. The van der Waals surface area contributed by atoms with Crippen LogP contribution >= 0.6 is 12.4 Å². The quantitative estimate of drug-likeness (QED) is 0.787. The van der Waals surface area contributed by atoms with Crippen LogP contribution < -0.4 is 15.8 Å². The number of amides is 1. The van der Waals surface area contributed by atoms with Crippen molar-refractivity contribution in [3.05, 3.63) is 24.3 Å². The molecule has 0 aliphatic carbocycles. The molecule has 0 fully saturated rings. The molecule has 0 saturated heterocycles. The fourth-order valence-corrected chi connectivity index (χ4v) is 1.12. The van der Waals surface area contributed by atoms with Gasteiger partial charge in [0.1, 0.15) is 5.75 Å². The smallest absolute Gasteiger partial charge is 0.343 e. The third-order valence-corrected chi connectivity index (χ3v) is 2.10. The molecule has 0 saturated carbocycles. The van der Waals surface area contributed by atoms with Crippen molar-refractivity contribution in [2.24, 2.45) is 5.73 Å². The molecule has 3 N–H and O–H groups in total. The van der Waals surface area contributed by atoms with E-state index < -0.39 is 12.0 Å². The van der Waals surface area contributed by atoms with Crippen LogP contribution in [0.25, 0.3) is 0 Å². The van der Waals surface area contributed by atoms with Crippen LogP contribution in [0.15, 0.2) is 24.3 Å². The Morgan fingerprint density at radius 1 is 1.42 bits per heavy atom. The standard InChI is InChI=1S/C12H16N2O4.ClH/c1-8(13)12(16)14-9-4-3-5-10(6-9)18-7-11(15)17-2;/h3-6,8H,7,13H2,1-2H3,(H,14,16);1H/t8-;/m0./s1. The van der Waals surface area contributed by atoms with Crippen LogP contribution in [-0.4, -0.2) is 31.6 Å². The van der Waals surface area contributed by atoms with Crippen LogP contribution in [0, 0.1) is 0 Å². The summed E-state index contributed by atoms with van der Waals surface area (Å²) in [6.45, 7) is 1.41. The number of hydrogen-bond acceptors (Lipinski definition) is 5. The van der Waals surface area contributed by atoms with Crippen LogP contribution in [0.1, 0.15) is 6.92 Å². The van der Waals surface area contributed by atoms with Gasteiger partial charge in [-0.05, 0) is 19.1 Å². The summed E-state index contributed by atoms with van der Waals surface area (Å²) >= 11 is 0. The number of anilines is 1. The number of carbonyl (C=O) groups is 2.